The molecule has 0 spiro atoms. The molecule has 2 rings (SSSR count). The van der Waals surface area contributed by atoms with Gasteiger partial charge in [-0.3, -0.25) is 9.98 Å². The maximum absolute atomic E-state index is 8.67. The summed E-state index contributed by atoms with van der Waals surface area (Å²) in [5.74, 6) is -0.211. The van der Waals surface area contributed by atoms with Crippen LogP contribution < -0.4 is 0 Å². The molecule has 2 heterocycles. The van der Waals surface area contributed by atoms with Crippen molar-refractivity contribution in [2.45, 2.75) is 0 Å². The van der Waals surface area contributed by atoms with Gasteiger partial charge < -0.3 is 0 Å². The fourth-order valence-electron chi connectivity index (χ4n) is 1.11. The van der Waals surface area contributed by atoms with Crippen LogP contribution in [0.2, 0.25) is 0 Å². The third-order valence-corrected chi connectivity index (χ3v) is 1.67. The van der Waals surface area contributed by atoms with Gasteiger partial charge >= 0.3 is 0 Å². The van der Waals surface area contributed by atoms with Gasteiger partial charge in [0.1, 0.15) is 5.92 Å². The first-order chi connectivity index (χ1) is 5.42. The van der Waals surface area contributed by atoms with Crippen LogP contribution >= 0.6 is 0 Å². The lowest BCUT2D eigenvalue weighted by Crippen LogP contribution is -2.06. The second-order valence-electron chi connectivity index (χ2n) is 2.32. The zero-order valence-corrected chi connectivity index (χ0v) is 5.73. The lowest BCUT2D eigenvalue weighted by molar-refractivity contribution is 1.04. The van der Waals surface area contributed by atoms with Crippen molar-refractivity contribution < 1.29 is 0 Å². The summed E-state index contributed by atoms with van der Waals surface area (Å²) in [4.78, 5) is 7.94. The minimum absolute atomic E-state index is 0.211. The van der Waals surface area contributed by atoms with E-state index < -0.39 is 0 Å². The van der Waals surface area contributed by atoms with E-state index in [4.69, 9.17) is 5.26 Å². The van der Waals surface area contributed by atoms with Gasteiger partial charge in [-0.2, -0.15) is 5.26 Å². The fourth-order valence-corrected chi connectivity index (χ4v) is 1.11. The molecule has 2 aliphatic rings. The van der Waals surface area contributed by atoms with Crippen molar-refractivity contribution in [2.24, 2.45) is 15.9 Å². The molecule has 0 aromatic carbocycles. The van der Waals surface area contributed by atoms with E-state index in [1.807, 2.05) is 6.08 Å². The van der Waals surface area contributed by atoms with Crippen LogP contribution in [-0.2, 0) is 0 Å². The number of hydrogen-bond donors (Lipinski definition) is 0. The van der Waals surface area contributed by atoms with Crippen molar-refractivity contribution in [3.63, 3.8) is 0 Å². The van der Waals surface area contributed by atoms with Gasteiger partial charge in [-0.15, -0.1) is 0 Å². The Morgan fingerprint density at radius 1 is 1.55 bits per heavy atom. The third kappa shape index (κ3) is 0.802. The predicted octanol–water partition coefficient (Wildman–Crippen LogP) is 1.06. The van der Waals surface area contributed by atoms with Gasteiger partial charge in [0.2, 0.25) is 0 Å². The maximum atomic E-state index is 8.67. The zero-order chi connectivity index (χ0) is 7.68. The second kappa shape index (κ2) is 2.17. The van der Waals surface area contributed by atoms with Crippen molar-refractivity contribution in [3.05, 3.63) is 23.5 Å². The Labute approximate surface area is 64.1 Å². The number of hydrogen-bond acceptors (Lipinski definition) is 3. The van der Waals surface area contributed by atoms with E-state index in [-0.39, 0.29) is 5.92 Å². The number of nitrogens with zero attached hydrogens (tertiary/aromatic N) is 3. The smallest absolute Gasteiger partial charge is 0.109 e. The Bertz CT molecular complexity index is 339. The molecule has 3 nitrogen and oxygen atoms in total. The van der Waals surface area contributed by atoms with Crippen molar-refractivity contribution in [2.75, 3.05) is 0 Å². The van der Waals surface area contributed by atoms with E-state index in [0.29, 0.717) is 0 Å². The molecule has 11 heavy (non-hydrogen) atoms. The molecule has 52 valence electrons. The van der Waals surface area contributed by atoms with Gasteiger partial charge in [0.05, 0.1) is 18.0 Å². The van der Waals surface area contributed by atoms with Gasteiger partial charge in [0.15, 0.2) is 0 Å². The van der Waals surface area contributed by atoms with Crippen LogP contribution in [0.1, 0.15) is 0 Å². The number of rotatable bonds is 0. The molecule has 1 atom stereocenters. The highest BCUT2D eigenvalue weighted by molar-refractivity contribution is 5.85. The van der Waals surface area contributed by atoms with Gasteiger partial charge in [0.25, 0.3) is 0 Å². The first-order valence-electron chi connectivity index (χ1n) is 3.29. The monoisotopic (exact) mass is 143 g/mol. The first kappa shape index (κ1) is 6.05. The Kier molecular flexibility index (Phi) is 1.19. The van der Waals surface area contributed by atoms with E-state index >= 15 is 0 Å². The number of allylic oxidation sites excluding steroid dienone is 2. The Hall–Kier alpha value is -1.69. The summed E-state index contributed by atoms with van der Waals surface area (Å²) < 4.78 is 0. The average Bonchev–Trinajstić information content (AvgIpc) is 2.50. The largest absolute Gasteiger partial charge is 0.265 e. The Balaban J connectivity index is 2.44. The van der Waals surface area contributed by atoms with Crippen molar-refractivity contribution in [1.29, 1.82) is 5.26 Å². The highest BCUT2D eigenvalue weighted by atomic mass is 14.8. The summed E-state index contributed by atoms with van der Waals surface area (Å²) in [7, 11) is 0. The minimum atomic E-state index is -0.211. The molecule has 0 amide bonds. The van der Waals surface area contributed by atoms with Gasteiger partial charge in [-0.1, -0.05) is 0 Å². The number of fused-ring (bicyclic) bond motifs is 1. The second-order valence-corrected chi connectivity index (χ2v) is 2.32. The molecule has 2 aliphatic heterocycles. The zero-order valence-electron chi connectivity index (χ0n) is 5.73. The molecule has 0 saturated carbocycles. The predicted molar refractivity (Wildman–Crippen MR) is 42.3 cm³/mol. The lowest BCUT2D eigenvalue weighted by atomic mass is 9.99. The van der Waals surface area contributed by atoms with Crippen LogP contribution in [0.25, 0.3) is 0 Å². The first-order valence-corrected chi connectivity index (χ1v) is 3.29. The summed E-state index contributed by atoms with van der Waals surface area (Å²) in [6.45, 7) is 0. The topological polar surface area (TPSA) is 48.5 Å². The normalized spacial score (nSPS) is 25.5. The van der Waals surface area contributed by atoms with Gasteiger partial charge in [0, 0.05) is 18.0 Å². The molecule has 3 heteroatoms. The van der Waals surface area contributed by atoms with Gasteiger partial charge in [-0.25, -0.2) is 0 Å². The summed E-state index contributed by atoms with van der Waals surface area (Å²) in [6.07, 6.45) is 6.85. The minimum Gasteiger partial charge on any atom is -0.265 e. The van der Waals surface area contributed by atoms with Crippen molar-refractivity contribution >= 4 is 12.4 Å². The molecule has 0 saturated heterocycles. The molecular formula is C8H5N3. The number of aliphatic imine (C=N–C) groups is 2. The molecule has 0 N–H and O–H groups in total. The molecule has 0 aliphatic carbocycles. The van der Waals surface area contributed by atoms with Crippen LogP contribution in [0.3, 0.4) is 0 Å². The summed E-state index contributed by atoms with van der Waals surface area (Å²) >= 11 is 0. The Morgan fingerprint density at radius 2 is 2.45 bits per heavy atom. The molecule has 0 unspecified atom stereocenters. The molecule has 0 fully saturated rings. The van der Waals surface area contributed by atoms with E-state index in [1.165, 1.54) is 0 Å². The summed E-state index contributed by atoms with van der Waals surface area (Å²) in [5.41, 5.74) is 1.78. The van der Waals surface area contributed by atoms with E-state index in [0.717, 1.165) is 11.3 Å². The summed E-state index contributed by atoms with van der Waals surface area (Å²) in [6, 6.07) is 2.14. The molecule has 0 bridgehead atoms. The maximum Gasteiger partial charge on any atom is 0.109 e. The SMILES string of the molecule is N#C[C@@H]1C=NC=C2N=CC=C21. The van der Waals surface area contributed by atoms with Crippen LogP contribution in [0.4, 0.5) is 0 Å². The molecular weight excluding hydrogens is 138 g/mol. The average molecular weight is 143 g/mol. The van der Waals surface area contributed by atoms with Gasteiger partial charge in [-0.05, 0) is 6.08 Å². The van der Waals surface area contributed by atoms with Crippen molar-refractivity contribution in [3.8, 4) is 6.07 Å². The molecule has 0 aromatic heterocycles. The quantitative estimate of drug-likeness (QED) is 0.500. The molecule has 0 radical (unpaired) electrons. The summed E-state index contributed by atoms with van der Waals surface area (Å²) in [5, 5.41) is 8.67. The van der Waals surface area contributed by atoms with E-state index in [1.54, 1.807) is 18.6 Å². The van der Waals surface area contributed by atoms with Crippen LogP contribution in [0.5, 0.6) is 0 Å². The van der Waals surface area contributed by atoms with Crippen LogP contribution in [-0.4, -0.2) is 12.4 Å². The lowest BCUT2D eigenvalue weighted by Gasteiger charge is -2.08. The van der Waals surface area contributed by atoms with E-state index in [2.05, 4.69) is 16.1 Å². The number of nitriles is 1. The van der Waals surface area contributed by atoms with E-state index in [9.17, 15) is 0 Å². The van der Waals surface area contributed by atoms with Crippen LogP contribution in [0.15, 0.2) is 33.5 Å². The highest BCUT2D eigenvalue weighted by Gasteiger charge is 2.19. The molecule has 0 aromatic rings. The highest BCUT2D eigenvalue weighted by Crippen LogP contribution is 2.25. The van der Waals surface area contributed by atoms with Crippen molar-refractivity contribution in [1.82, 2.24) is 0 Å². The standard InChI is InChI=1S/C8H5N3/c9-3-6-4-10-5-8-7(6)1-2-11-8/h1-2,4-6H/t6-/m1/s1. The fraction of sp³-hybridized carbons (Fsp3) is 0.125. The van der Waals surface area contributed by atoms with Crippen LogP contribution in [0, 0.1) is 17.2 Å². The third-order valence-electron chi connectivity index (χ3n) is 1.67. The Morgan fingerprint density at radius 3 is 3.27 bits per heavy atom.